The minimum absolute atomic E-state index is 0.0649. The zero-order valence-corrected chi connectivity index (χ0v) is 14.2. The van der Waals surface area contributed by atoms with E-state index in [1.807, 2.05) is 0 Å². The minimum atomic E-state index is -1.05. The molecular formula is C15H26N4O5. The van der Waals surface area contributed by atoms with Crippen molar-refractivity contribution in [1.29, 1.82) is 0 Å². The Balaban J connectivity index is 2.46. The molecule has 0 aromatic rings. The molecule has 0 aromatic carbocycles. The van der Waals surface area contributed by atoms with E-state index >= 15 is 0 Å². The molecule has 9 nitrogen and oxygen atoms in total. The van der Waals surface area contributed by atoms with Gasteiger partial charge in [-0.3, -0.25) is 14.4 Å². The van der Waals surface area contributed by atoms with E-state index in [0.717, 1.165) is 0 Å². The van der Waals surface area contributed by atoms with Crippen LogP contribution in [0.1, 0.15) is 33.6 Å². The molecule has 0 aromatic heterocycles. The molecule has 1 aliphatic heterocycles. The van der Waals surface area contributed by atoms with Gasteiger partial charge in [0, 0.05) is 6.54 Å². The summed E-state index contributed by atoms with van der Waals surface area (Å²) in [5.74, 6) is -2.53. The zero-order chi connectivity index (χ0) is 18.4. The number of hydrogen-bond acceptors (Lipinski definition) is 5. The van der Waals surface area contributed by atoms with Gasteiger partial charge in [0.05, 0.1) is 12.6 Å². The number of carbonyl (C=O) groups is 4. The number of carboxylic acid groups (broad SMARTS) is 1. The van der Waals surface area contributed by atoms with Gasteiger partial charge in [-0.05, 0) is 25.7 Å². The molecule has 0 spiro atoms. The predicted molar refractivity (Wildman–Crippen MR) is 85.8 cm³/mol. The van der Waals surface area contributed by atoms with Crippen LogP contribution in [0.25, 0.3) is 0 Å². The van der Waals surface area contributed by atoms with Crippen molar-refractivity contribution >= 4 is 23.7 Å². The summed E-state index contributed by atoms with van der Waals surface area (Å²) in [6.45, 7) is 5.13. The fraction of sp³-hybridized carbons (Fsp3) is 0.733. The van der Waals surface area contributed by atoms with E-state index < -0.39 is 41.8 Å². The van der Waals surface area contributed by atoms with Crippen LogP contribution in [0.3, 0.4) is 0 Å². The summed E-state index contributed by atoms with van der Waals surface area (Å²) in [6, 6.07) is -2.40. The summed E-state index contributed by atoms with van der Waals surface area (Å²) in [4.78, 5) is 48.1. The number of amides is 3. The molecule has 3 amide bonds. The van der Waals surface area contributed by atoms with Gasteiger partial charge in [-0.1, -0.05) is 13.8 Å². The maximum Gasteiger partial charge on any atom is 0.326 e. The highest BCUT2D eigenvalue weighted by molar-refractivity contribution is 5.92. The van der Waals surface area contributed by atoms with Crippen LogP contribution in [-0.4, -0.2) is 64.9 Å². The number of aliphatic carboxylic acids is 1. The fourth-order valence-electron chi connectivity index (χ4n) is 2.42. The lowest BCUT2D eigenvalue weighted by Crippen LogP contribution is -2.53. The van der Waals surface area contributed by atoms with Crippen molar-refractivity contribution in [2.45, 2.75) is 51.7 Å². The maximum absolute atomic E-state index is 12.0. The third-order valence-electron chi connectivity index (χ3n) is 4.05. The summed E-state index contributed by atoms with van der Waals surface area (Å²) < 4.78 is 0. The first-order valence-electron chi connectivity index (χ1n) is 8.01. The number of likely N-dealkylation sites (tertiary alicyclic amines) is 1. The second kappa shape index (κ2) is 8.62. The number of hydrogen-bond donors (Lipinski definition) is 4. The SMILES string of the molecule is CC(NC(=O)C(N)C(C)C)C(=O)NCC(=O)N1CCCC1C(=O)O. The Morgan fingerprint density at radius 2 is 1.83 bits per heavy atom. The summed E-state index contributed by atoms with van der Waals surface area (Å²) in [5.41, 5.74) is 5.70. The molecule has 3 atom stereocenters. The Bertz CT molecular complexity index is 508. The van der Waals surface area contributed by atoms with Crippen molar-refractivity contribution in [3.63, 3.8) is 0 Å². The fourth-order valence-corrected chi connectivity index (χ4v) is 2.42. The molecule has 1 fully saturated rings. The van der Waals surface area contributed by atoms with Crippen LogP contribution in [0.15, 0.2) is 0 Å². The quantitative estimate of drug-likeness (QED) is 0.451. The van der Waals surface area contributed by atoms with E-state index in [-0.39, 0.29) is 12.5 Å². The highest BCUT2D eigenvalue weighted by atomic mass is 16.4. The van der Waals surface area contributed by atoms with E-state index in [0.29, 0.717) is 19.4 Å². The van der Waals surface area contributed by atoms with Gasteiger partial charge in [0.15, 0.2) is 0 Å². The molecule has 0 bridgehead atoms. The van der Waals surface area contributed by atoms with Crippen LogP contribution in [-0.2, 0) is 19.2 Å². The lowest BCUT2D eigenvalue weighted by Gasteiger charge is -2.22. The first-order valence-corrected chi connectivity index (χ1v) is 8.01. The smallest absolute Gasteiger partial charge is 0.326 e. The van der Waals surface area contributed by atoms with E-state index in [4.69, 9.17) is 10.8 Å². The second-order valence-corrected chi connectivity index (χ2v) is 6.30. The minimum Gasteiger partial charge on any atom is -0.480 e. The summed E-state index contributed by atoms with van der Waals surface area (Å²) >= 11 is 0. The van der Waals surface area contributed by atoms with Gasteiger partial charge in [-0.25, -0.2) is 4.79 Å². The predicted octanol–water partition coefficient (Wildman–Crippen LogP) is -1.33. The number of nitrogens with two attached hydrogens (primary N) is 1. The third kappa shape index (κ3) is 5.19. The van der Waals surface area contributed by atoms with Crippen LogP contribution < -0.4 is 16.4 Å². The number of nitrogens with zero attached hydrogens (tertiary/aromatic N) is 1. The molecule has 1 saturated heterocycles. The van der Waals surface area contributed by atoms with Crippen molar-refractivity contribution in [3.8, 4) is 0 Å². The Hall–Kier alpha value is -2.16. The van der Waals surface area contributed by atoms with Gasteiger partial charge in [0.25, 0.3) is 0 Å². The largest absolute Gasteiger partial charge is 0.480 e. The Kier molecular flexibility index (Phi) is 7.15. The normalized spacial score (nSPS) is 19.7. The average molecular weight is 342 g/mol. The van der Waals surface area contributed by atoms with Crippen LogP contribution in [0, 0.1) is 5.92 Å². The zero-order valence-electron chi connectivity index (χ0n) is 14.2. The highest BCUT2D eigenvalue weighted by Gasteiger charge is 2.34. The number of rotatable bonds is 7. The van der Waals surface area contributed by atoms with E-state index in [9.17, 15) is 19.2 Å². The van der Waals surface area contributed by atoms with E-state index in [1.165, 1.54) is 11.8 Å². The summed E-state index contributed by atoms with van der Waals surface area (Å²) in [6.07, 6.45) is 1.03. The second-order valence-electron chi connectivity index (χ2n) is 6.30. The van der Waals surface area contributed by atoms with Crippen LogP contribution >= 0.6 is 0 Å². The third-order valence-corrected chi connectivity index (χ3v) is 4.05. The molecule has 1 aliphatic rings. The number of nitrogens with one attached hydrogen (secondary N) is 2. The molecule has 136 valence electrons. The van der Waals surface area contributed by atoms with Crippen molar-refractivity contribution in [2.75, 3.05) is 13.1 Å². The molecule has 0 saturated carbocycles. The highest BCUT2D eigenvalue weighted by Crippen LogP contribution is 2.17. The lowest BCUT2D eigenvalue weighted by molar-refractivity contribution is -0.148. The van der Waals surface area contributed by atoms with E-state index in [1.54, 1.807) is 13.8 Å². The molecule has 0 aliphatic carbocycles. The van der Waals surface area contributed by atoms with Crippen LogP contribution in [0.2, 0.25) is 0 Å². The monoisotopic (exact) mass is 342 g/mol. The Labute approximate surface area is 140 Å². The molecule has 0 radical (unpaired) electrons. The van der Waals surface area contributed by atoms with Gasteiger partial charge >= 0.3 is 5.97 Å². The molecule has 3 unspecified atom stereocenters. The van der Waals surface area contributed by atoms with Crippen molar-refractivity contribution < 1.29 is 24.3 Å². The number of carbonyl (C=O) groups excluding carboxylic acids is 3. The van der Waals surface area contributed by atoms with Crippen molar-refractivity contribution in [1.82, 2.24) is 15.5 Å². The molecule has 5 N–H and O–H groups in total. The first kappa shape index (κ1) is 19.9. The average Bonchev–Trinajstić information content (AvgIpc) is 3.00. The Morgan fingerprint density at radius 3 is 2.38 bits per heavy atom. The molecular weight excluding hydrogens is 316 g/mol. The van der Waals surface area contributed by atoms with Gasteiger partial charge in [0.1, 0.15) is 12.1 Å². The van der Waals surface area contributed by atoms with E-state index in [2.05, 4.69) is 10.6 Å². The van der Waals surface area contributed by atoms with Crippen molar-refractivity contribution in [2.24, 2.45) is 11.7 Å². The summed E-state index contributed by atoms with van der Waals surface area (Å²) in [7, 11) is 0. The maximum atomic E-state index is 12.0. The Morgan fingerprint density at radius 1 is 1.21 bits per heavy atom. The van der Waals surface area contributed by atoms with Crippen LogP contribution in [0.4, 0.5) is 0 Å². The first-order chi connectivity index (χ1) is 11.1. The standard InChI is InChI=1S/C15H26N4O5/c1-8(2)12(16)14(22)18-9(3)13(21)17-7-11(20)19-6-4-5-10(19)15(23)24/h8-10,12H,4-7,16H2,1-3H3,(H,17,21)(H,18,22)(H,23,24). The lowest BCUT2D eigenvalue weighted by atomic mass is 10.0. The van der Waals surface area contributed by atoms with Gasteiger partial charge in [-0.15, -0.1) is 0 Å². The topological polar surface area (TPSA) is 142 Å². The number of carboxylic acids is 1. The summed E-state index contributed by atoms with van der Waals surface area (Å²) in [5, 5.41) is 14.0. The molecule has 24 heavy (non-hydrogen) atoms. The van der Waals surface area contributed by atoms with Gasteiger partial charge < -0.3 is 26.4 Å². The molecule has 9 heteroatoms. The van der Waals surface area contributed by atoms with Crippen LogP contribution in [0.5, 0.6) is 0 Å². The van der Waals surface area contributed by atoms with Crippen molar-refractivity contribution in [3.05, 3.63) is 0 Å². The van der Waals surface area contributed by atoms with Gasteiger partial charge in [0.2, 0.25) is 17.7 Å². The van der Waals surface area contributed by atoms with Gasteiger partial charge in [-0.2, -0.15) is 0 Å². The molecule has 1 rings (SSSR count). The molecule has 1 heterocycles.